The SMILES string of the molecule is O=C(CSc1nnnn1C1CC1)NC(C(=O)O)C1CC1. The van der Waals surface area contributed by atoms with Crippen LogP contribution in [0.4, 0.5) is 0 Å². The number of carbonyl (C=O) groups is 2. The lowest BCUT2D eigenvalue weighted by Crippen LogP contribution is -2.43. The molecular weight excluding hydrogens is 282 g/mol. The fourth-order valence-electron chi connectivity index (χ4n) is 1.98. The molecule has 0 aromatic carbocycles. The molecule has 108 valence electrons. The molecule has 2 saturated carbocycles. The van der Waals surface area contributed by atoms with Gasteiger partial charge in [0.1, 0.15) is 6.04 Å². The molecular formula is C11H15N5O3S. The van der Waals surface area contributed by atoms with Crippen LogP contribution in [0.5, 0.6) is 0 Å². The first-order chi connectivity index (χ1) is 9.65. The van der Waals surface area contributed by atoms with Gasteiger partial charge in [0.05, 0.1) is 11.8 Å². The normalized spacial score (nSPS) is 19.6. The number of hydrogen-bond donors (Lipinski definition) is 2. The maximum Gasteiger partial charge on any atom is 0.326 e. The van der Waals surface area contributed by atoms with Gasteiger partial charge >= 0.3 is 5.97 Å². The molecule has 1 unspecified atom stereocenters. The summed E-state index contributed by atoms with van der Waals surface area (Å²) in [6.07, 6.45) is 3.86. The van der Waals surface area contributed by atoms with E-state index in [-0.39, 0.29) is 17.6 Å². The van der Waals surface area contributed by atoms with Crippen LogP contribution in [0.1, 0.15) is 31.7 Å². The molecule has 20 heavy (non-hydrogen) atoms. The number of nitrogens with one attached hydrogen (secondary N) is 1. The molecule has 2 aliphatic carbocycles. The third-order valence-electron chi connectivity index (χ3n) is 3.36. The Labute approximate surface area is 119 Å². The van der Waals surface area contributed by atoms with Crippen LogP contribution in [0.2, 0.25) is 0 Å². The van der Waals surface area contributed by atoms with E-state index in [1.54, 1.807) is 4.68 Å². The predicted octanol–water partition coefficient (Wildman–Crippen LogP) is 0.0795. The number of rotatable bonds is 7. The fraction of sp³-hybridized carbons (Fsp3) is 0.727. The number of tetrazole rings is 1. The molecule has 0 saturated heterocycles. The second-order valence-corrected chi connectivity index (χ2v) is 6.09. The van der Waals surface area contributed by atoms with Crippen molar-refractivity contribution >= 4 is 23.6 Å². The molecule has 1 heterocycles. The van der Waals surface area contributed by atoms with Crippen molar-refractivity contribution in [3.05, 3.63) is 0 Å². The fourth-order valence-corrected chi connectivity index (χ4v) is 2.74. The van der Waals surface area contributed by atoms with E-state index in [2.05, 4.69) is 20.8 Å². The second-order valence-electron chi connectivity index (χ2n) is 5.15. The third-order valence-corrected chi connectivity index (χ3v) is 4.30. The van der Waals surface area contributed by atoms with Gasteiger partial charge in [-0.2, -0.15) is 0 Å². The highest BCUT2D eigenvalue weighted by Crippen LogP contribution is 2.36. The quantitative estimate of drug-likeness (QED) is 0.686. The number of nitrogens with zero attached hydrogens (tertiary/aromatic N) is 4. The summed E-state index contributed by atoms with van der Waals surface area (Å²) in [6.45, 7) is 0. The van der Waals surface area contributed by atoms with E-state index < -0.39 is 12.0 Å². The number of aliphatic carboxylic acids is 1. The summed E-state index contributed by atoms with van der Waals surface area (Å²) in [5.41, 5.74) is 0. The number of thioether (sulfide) groups is 1. The summed E-state index contributed by atoms with van der Waals surface area (Å²) in [4.78, 5) is 22.9. The largest absolute Gasteiger partial charge is 0.480 e. The zero-order valence-corrected chi connectivity index (χ0v) is 11.5. The third kappa shape index (κ3) is 3.09. The van der Waals surface area contributed by atoms with Gasteiger partial charge in [0, 0.05) is 0 Å². The molecule has 2 N–H and O–H groups in total. The molecule has 0 bridgehead atoms. The molecule has 0 aliphatic heterocycles. The lowest BCUT2D eigenvalue weighted by molar-refractivity contribution is -0.142. The first-order valence-electron chi connectivity index (χ1n) is 6.58. The van der Waals surface area contributed by atoms with Crippen LogP contribution < -0.4 is 5.32 Å². The van der Waals surface area contributed by atoms with Crippen molar-refractivity contribution in [2.45, 2.75) is 42.9 Å². The molecule has 1 atom stereocenters. The molecule has 9 heteroatoms. The zero-order valence-electron chi connectivity index (χ0n) is 10.7. The molecule has 8 nitrogen and oxygen atoms in total. The molecule has 2 aliphatic rings. The Bertz CT molecular complexity index is 526. The topological polar surface area (TPSA) is 110 Å². The average molecular weight is 297 g/mol. The highest BCUT2D eigenvalue weighted by atomic mass is 32.2. The first kappa shape index (κ1) is 13.3. The molecule has 1 aromatic rings. The van der Waals surface area contributed by atoms with E-state index in [0.717, 1.165) is 25.7 Å². The van der Waals surface area contributed by atoms with E-state index in [4.69, 9.17) is 5.11 Å². The summed E-state index contributed by atoms with van der Waals surface area (Å²) in [6, 6.07) is -0.406. The van der Waals surface area contributed by atoms with E-state index in [1.165, 1.54) is 11.8 Å². The summed E-state index contributed by atoms with van der Waals surface area (Å²) in [7, 11) is 0. The Morgan fingerprint density at radius 2 is 2.15 bits per heavy atom. The number of carboxylic acid groups (broad SMARTS) is 1. The van der Waals surface area contributed by atoms with Crippen LogP contribution in [-0.2, 0) is 9.59 Å². The minimum absolute atomic E-state index is 0.0817. The van der Waals surface area contributed by atoms with E-state index in [9.17, 15) is 9.59 Å². The summed E-state index contributed by atoms with van der Waals surface area (Å²) >= 11 is 1.24. The lowest BCUT2D eigenvalue weighted by Gasteiger charge is -2.13. The molecule has 1 amide bonds. The van der Waals surface area contributed by atoms with Gasteiger partial charge in [-0.1, -0.05) is 11.8 Å². The second kappa shape index (κ2) is 5.39. The Morgan fingerprint density at radius 3 is 2.75 bits per heavy atom. The highest BCUT2D eigenvalue weighted by Gasteiger charge is 2.37. The van der Waals surface area contributed by atoms with Gasteiger partial charge in [-0.25, -0.2) is 9.48 Å². The number of aromatic nitrogens is 4. The molecule has 1 aromatic heterocycles. The van der Waals surface area contributed by atoms with Gasteiger partial charge in [-0.05, 0) is 42.0 Å². The van der Waals surface area contributed by atoms with Gasteiger partial charge in [0.25, 0.3) is 0 Å². The zero-order chi connectivity index (χ0) is 14.1. The highest BCUT2D eigenvalue weighted by molar-refractivity contribution is 7.99. The Morgan fingerprint density at radius 1 is 1.40 bits per heavy atom. The van der Waals surface area contributed by atoms with Crippen molar-refractivity contribution in [1.82, 2.24) is 25.5 Å². The minimum atomic E-state index is -0.964. The average Bonchev–Trinajstić information content (AvgIpc) is 3.32. The van der Waals surface area contributed by atoms with Gasteiger partial charge in [-0.15, -0.1) is 5.10 Å². The maximum absolute atomic E-state index is 11.8. The number of hydrogen-bond acceptors (Lipinski definition) is 6. The molecule has 0 spiro atoms. The van der Waals surface area contributed by atoms with Crippen LogP contribution in [0.25, 0.3) is 0 Å². The van der Waals surface area contributed by atoms with Crippen molar-refractivity contribution in [2.24, 2.45) is 5.92 Å². The van der Waals surface area contributed by atoms with Crippen molar-refractivity contribution in [1.29, 1.82) is 0 Å². The number of carboxylic acids is 1. The van der Waals surface area contributed by atoms with Crippen molar-refractivity contribution < 1.29 is 14.7 Å². The van der Waals surface area contributed by atoms with Crippen LogP contribution in [-0.4, -0.2) is 49.0 Å². The van der Waals surface area contributed by atoms with E-state index >= 15 is 0 Å². The van der Waals surface area contributed by atoms with Gasteiger partial charge in [0.15, 0.2) is 0 Å². The monoisotopic (exact) mass is 297 g/mol. The van der Waals surface area contributed by atoms with Gasteiger partial charge in [0.2, 0.25) is 11.1 Å². The lowest BCUT2D eigenvalue weighted by atomic mass is 10.2. The van der Waals surface area contributed by atoms with Crippen LogP contribution in [0.3, 0.4) is 0 Å². The Hall–Kier alpha value is -1.64. The Kier molecular flexibility index (Phi) is 3.60. The van der Waals surface area contributed by atoms with Crippen LogP contribution in [0, 0.1) is 5.92 Å². The molecule has 0 radical (unpaired) electrons. The smallest absolute Gasteiger partial charge is 0.326 e. The summed E-state index contributed by atoms with van der Waals surface area (Å²) < 4.78 is 1.73. The van der Waals surface area contributed by atoms with E-state index in [1.807, 2.05) is 0 Å². The minimum Gasteiger partial charge on any atom is -0.480 e. The molecule has 3 rings (SSSR count). The summed E-state index contributed by atoms with van der Waals surface area (Å²) in [5.74, 6) is -1.05. The number of amides is 1. The Balaban J connectivity index is 1.51. The standard InChI is InChI=1S/C11H15N5O3S/c17-8(12-9(10(18)19)6-1-2-6)5-20-11-13-14-15-16(11)7-3-4-7/h6-7,9H,1-5H2,(H,12,17)(H,18,19). The van der Waals surface area contributed by atoms with Crippen LogP contribution >= 0.6 is 11.8 Å². The van der Waals surface area contributed by atoms with Gasteiger partial charge in [-0.3, -0.25) is 4.79 Å². The predicted molar refractivity (Wildman–Crippen MR) is 69.1 cm³/mol. The van der Waals surface area contributed by atoms with Gasteiger partial charge < -0.3 is 10.4 Å². The van der Waals surface area contributed by atoms with Crippen molar-refractivity contribution in [2.75, 3.05) is 5.75 Å². The van der Waals surface area contributed by atoms with Crippen molar-refractivity contribution in [3.63, 3.8) is 0 Å². The molecule has 2 fully saturated rings. The van der Waals surface area contributed by atoms with E-state index in [0.29, 0.717) is 11.2 Å². The summed E-state index contributed by atoms with van der Waals surface area (Å²) in [5, 5.41) is 23.6. The van der Waals surface area contributed by atoms with Crippen molar-refractivity contribution in [3.8, 4) is 0 Å². The van der Waals surface area contributed by atoms with Crippen LogP contribution in [0.15, 0.2) is 5.16 Å². The maximum atomic E-state index is 11.8. The number of carbonyl (C=O) groups excluding carboxylic acids is 1. The first-order valence-corrected chi connectivity index (χ1v) is 7.56.